The zero-order chi connectivity index (χ0) is 19.9. The molecule has 0 atom stereocenters. The number of hydrogen-bond donors (Lipinski definition) is 4. The Morgan fingerprint density at radius 3 is 2.78 bits per heavy atom. The van der Waals surface area contributed by atoms with E-state index in [-0.39, 0.29) is 18.1 Å². The fourth-order valence-corrected chi connectivity index (χ4v) is 2.17. The molecule has 0 spiro atoms. The number of carbonyl (C=O) groups is 1. The topological polar surface area (TPSA) is 126 Å². The van der Waals surface area contributed by atoms with Gasteiger partial charge < -0.3 is 26.5 Å². The van der Waals surface area contributed by atoms with E-state index < -0.39 is 0 Å². The van der Waals surface area contributed by atoms with Gasteiger partial charge in [0.1, 0.15) is 11.6 Å². The first kappa shape index (κ1) is 19.9. The van der Waals surface area contributed by atoms with Crippen molar-refractivity contribution in [3.63, 3.8) is 0 Å². The van der Waals surface area contributed by atoms with E-state index in [1.807, 2.05) is 26.8 Å². The van der Waals surface area contributed by atoms with E-state index in [9.17, 15) is 4.79 Å². The van der Waals surface area contributed by atoms with Crippen molar-refractivity contribution in [1.29, 1.82) is 5.41 Å². The number of anilines is 1. The molecule has 1 aromatic carbocycles. The molecule has 0 saturated heterocycles. The van der Waals surface area contributed by atoms with Crippen molar-refractivity contribution in [3.05, 3.63) is 48.4 Å². The SMILES string of the molecule is CC(C)(C)NC(=O)COc1cccc(-c2nccc(N/C(C=N)=C/N)n2)c1. The number of hydrogen-bond acceptors (Lipinski definition) is 7. The first-order chi connectivity index (χ1) is 12.8. The average Bonchev–Trinajstić information content (AvgIpc) is 2.63. The molecular weight excluding hydrogens is 344 g/mol. The molecule has 1 amide bonds. The highest BCUT2D eigenvalue weighted by Crippen LogP contribution is 2.22. The van der Waals surface area contributed by atoms with Crippen LogP contribution in [0.15, 0.2) is 48.4 Å². The Hall–Kier alpha value is -3.42. The van der Waals surface area contributed by atoms with Crippen LogP contribution in [-0.4, -0.2) is 34.2 Å². The maximum Gasteiger partial charge on any atom is 0.258 e. The highest BCUT2D eigenvalue weighted by atomic mass is 16.5. The third-order valence-corrected chi connectivity index (χ3v) is 3.24. The van der Waals surface area contributed by atoms with E-state index in [1.165, 1.54) is 6.20 Å². The lowest BCUT2D eigenvalue weighted by molar-refractivity contribution is -0.124. The second-order valence-electron chi connectivity index (χ2n) is 6.77. The molecule has 8 heteroatoms. The molecule has 1 aromatic heterocycles. The van der Waals surface area contributed by atoms with E-state index in [1.54, 1.807) is 30.5 Å². The molecule has 27 heavy (non-hydrogen) atoms. The number of allylic oxidation sites excluding steroid dienone is 1. The summed E-state index contributed by atoms with van der Waals surface area (Å²) in [6, 6.07) is 8.85. The highest BCUT2D eigenvalue weighted by Gasteiger charge is 2.14. The van der Waals surface area contributed by atoms with Crippen LogP contribution in [0.4, 0.5) is 5.82 Å². The van der Waals surface area contributed by atoms with E-state index in [0.29, 0.717) is 23.1 Å². The largest absolute Gasteiger partial charge is 0.484 e. The number of rotatable bonds is 7. The number of carbonyl (C=O) groups excluding carboxylic acids is 1. The first-order valence-corrected chi connectivity index (χ1v) is 8.37. The summed E-state index contributed by atoms with van der Waals surface area (Å²) in [4.78, 5) is 20.6. The number of amides is 1. The second-order valence-corrected chi connectivity index (χ2v) is 6.77. The molecule has 0 bridgehead atoms. The maximum absolute atomic E-state index is 11.9. The van der Waals surface area contributed by atoms with Gasteiger partial charge in [0, 0.05) is 29.7 Å². The molecule has 0 aliphatic carbocycles. The van der Waals surface area contributed by atoms with Crippen molar-refractivity contribution in [2.75, 3.05) is 11.9 Å². The maximum atomic E-state index is 11.9. The molecule has 5 N–H and O–H groups in total. The van der Waals surface area contributed by atoms with Gasteiger partial charge in [0.2, 0.25) is 0 Å². The molecule has 2 aromatic rings. The highest BCUT2D eigenvalue weighted by molar-refractivity contribution is 5.80. The van der Waals surface area contributed by atoms with Crippen LogP contribution in [0.25, 0.3) is 11.4 Å². The van der Waals surface area contributed by atoms with Gasteiger partial charge in [-0.2, -0.15) is 0 Å². The van der Waals surface area contributed by atoms with Gasteiger partial charge in [-0.05, 0) is 39.0 Å². The Morgan fingerprint density at radius 1 is 1.33 bits per heavy atom. The van der Waals surface area contributed by atoms with Crippen molar-refractivity contribution in [1.82, 2.24) is 15.3 Å². The summed E-state index contributed by atoms with van der Waals surface area (Å²) in [6.45, 7) is 5.65. The van der Waals surface area contributed by atoms with Gasteiger partial charge in [0.15, 0.2) is 12.4 Å². The zero-order valence-electron chi connectivity index (χ0n) is 15.6. The van der Waals surface area contributed by atoms with Gasteiger partial charge in [-0.3, -0.25) is 4.79 Å². The van der Waals surface area contributed by atoms with Crippen molar-refractivity contribution >= 4 is 17.9 Å². The lowest BCUT2D eigenvalue weighted by Crippen LogP contribution is -2.43. The van der Waals surface area contributed by atoms with Gasteiger partial charge >= 0.3 is 0 Å². The van der Waals surface area contributed by atoms with Crippen LogP contribution >= 0.6 is 0 Å². The number of nitrogens with zero attached hydrogens (tertiary/aromatic N) is 2. The summed E-state index contributed by atoms with van der Waals surface area (Å²) in [5, 5.41) is 13.0. The molecular formula is C19H24N6O2. The summed E-state index contributed by atoms with van der Waals surface area (Å²) in [5.41, 5.74) is 6.27. The normalized spacial score (nSPS) is 11.6. The minimum absolute atomic E-state index is 0.0762. The van der Waals surface area contributed by atoms with E-state index >= 15 is 0 Å². The second kappa shape index (κ2) is 8.79. The van der Waals surface area contributed by atoms with Gasteiger partial charge in [-0.25, -0.2) is 9.97 Å². The molecule has 8 nitrogen and oxygen atoms in total. The van der Waals surface area contributed by atoms with Crippen LogP contribution in [-0.2, 0) is 4.79 Å². The smallest absolute Gasteiger partial charge is 0.258 e. The Labute approximate surface area is 158 Å². The minimum Gasteiger partial charge on any atom is -0.484 e. The van der Waals surface area contributed by atoms with Crippen LogP contribution in [0.1, 0.15) is 20.8 Å². The molecule has 0 saturated carbocycles. The fraction of sp³-hybridized carbons (Fsp3) is 0.263. The molecule has 0 unspecified atom stereocenters. The van der Waals surface area contributed by atoms with E-state index in [2.05, 4.69) is 20.6 Å². The fourth-order valence-electron chi connectivity index (χ4n) is 2.17. The number of aromatic nitrogens is 2. The quantitative estimate of drug-likeness (QED) is 0.556. The van der Waals surface area contributed by atoms with Gasteiger partial charge in [0.05, 0.1) is 5.70 Å². The number of nitrogens with one attached hydrogen (secondary N) is 3. The lowest BCUT2D eigenvalue weighted by atomic mass is 10.1. The molecule has 0 aliphatic heterocycles. The van der Waals surface area contributed by atoms with E-state index in [0.717, 1.165) is 11.8 Å². The van der Waals surface area contributed by atoms with E-state index in [4.69, 9.17) is 15.9 Å². The predicted molar refractivity (Wildman–Crippen MR) is 106 cm³/mol. The molecule has 0 fully saturated rings. The number of benzene rings is 1. The summed E-state index contributed by atoms with van der Waals surface area (Å²) >= 11 is 0. The zero-order valence-corrected chi connectivity index (χ0v) is 15.6. The van der Waals surface area contributed by atoms with Crippen LogP contribution in [0.2, 0.25) is 0 Å². The third kappa shape index (κ3) is 6.43. The molecule has 1 heterocycles. The van der Waals surface area contributed by atoms with Gasteiger partial charge in [-0.15, -0.1) is 0 Å². The summed E-state index contributed by atoms with van der Waals surface area (Å²) in [7, 11) is 0. The van der Waals surface area contributed by atoms with Gasteiger partial charge in [-0.1, -0.05) is 12.1 Å². The van der Waals surface area contributed by atoms with Crippen molar-refractivity contribution in [2.24, 2.45) is 5.73 Å². The van der Waals surface area contributed by atoms with Crippen LogP contribution in [0, 0.1) is 5.41 Å². The molecule has 0 radical (unpaired) electrons. The first-order valence-electron chi connectivity index (χ1n) is 8.37. The molecule has 2 rings (SSSR count). The standard InChI is InChI=1S/C19H24N6O2/c1-19(2,3)25-17(26)12-27-15-6-4-5-13(9-15)18-22-8-7-16(24-18)23-14(10-20)11-21/h4-11,20H,12,21H2,1-3H3,(H,25,26)(H,22,23,24)/b14-11+,20-10?. The number of nitrogens with two attached hydrogens (primary N) is 1. The predicted octanol–water partition coefficient (Wildman–Crippen LogP) is 2.30. The van der Waals surface area contributed by atoms with Gasteiger partial charge in [0.25, 0.3) is 5.91 Å². The Kier molecular flexibility index (Phi) is 6.48. The van der Waals surface area contributed by atoms with Crippen molar-refractivity contribution < 1.29 is 9.53 Å². The lowest BCUT2D eigenvalue weighted by Gasteiger charge is -2.20. The monoisotopic (exact) mass is 368 g/mol. The van der Waals surface area contributed by atoms with Crippen molar-refractivity contribution in [3.8, 4) is 17.1 Å². The summed E-state index contributed by atoms with van der Waals surface area (Å²) in [5.74, 6) is 1.34. The van der Waals surface area contributed by atoms with Crippen LogP contribution in [0.3, 0.4) is 0 Å². The van der Waals surface area contributed by atoms with Crippen molar-refractivity contribution in [2.45, 2.75) is 26.3 Å². The minimum atomic E-state index is -0.309. The van der Waals surface area contributed by atoms with Crippen LogP contribution < -0.4 is 21.1 Å². The summed E-state index contributed by atoms with van der Waals surface area (Å²) < 4.78 is 5.57. The Balaban J connectivity index is 2.11. The molecule has 142 valence electrons. The van der Waals surface area contributed by atoms with Crippen LogP contribution in [0.5, 0.6) is 5.75 Å². The Bertz CT molecular complexity index is 842. The third-order valence-electron chi connectivity index (χ3n) is 3.24. The average molecular weight is 368 g/mol. The molecule has 0 aliphatic rings. The number of ether oxygens (including phenoxy) is 1. The summed E-state index contributed by atoms with van der Waals surface area (Å²) in [6.07, 6.45) is 3.98. The Morgan fingerprint density at radius 2 is 2.11 bits per heavy atom.